The van der Waals surface area contributed by atoms with Gasteiger partial charge in [0.1, 0.15) is 11.9 Å². The van der Waals surface area contributed by atoms with Gasteiger partial charge in [-0.3, -0.25) is 0 Å². The van der Waals surface area contributed by atoms with Gasteiger partial charge in [0.25, 0.3) is 0 Å². The molecule has 0 aliphatic carbocycles. The fourth-order valence-electron chi connectivity index (χ4n) is 1.30. The maximum absolute atomic E-state index is 13.3. The van der Waals surface area contributed by atoms with E-state index in [4.69, 9.17) is 0 Å². The Kier molecular flexibility index (Phi) is 2.61. The van der Waals surface area contributed by atoms with Crippen molar-refractivity contribution < 1.29 is 9.50 Å². The Bertz CT molecular complexity index is 411. The van der Waals surface area contributed by atoms with Gasteiger partial charge in [-0.15, -0.1) is 11.3 Å². The number of aliphatic hydroxyl groups excluding tert-OH is 1. The summed E-state index contributed by atoms with van der Waals surface area (Å²) in [5.41, 5.74) is 0.329. The van der Waals surface area contributed by atoms with Crippen molar-refractivity contribution in [2.45, 2.75) is 6.10 Å². The summed E-state index contributed by atoms with van der Waals surface area (Å²) in [7, 11) is 0. The molecule has 0 fully saturated rings. The van der Waals surface area contributed by atoms with Crippen molar-refractivity contribution >= 4 is 11.3 Å². The van der Waals surface area contributed by atoms with Crippen molar-refractivity contribution in [2.24, 2.45) is 0 Å². The molecule has 0 saturated carbocycles. The lowest BCUT2D eigenvalue weighted by Gasteiger charge is -2.09. The highest BCUT2D eigenvalue weighted by Crippen LogP contribution is 2.27. The van der Waals surface area contributed by atoms with Crippen molar-refractivity contribution in [3.05, 3.63) is 58.0 Å². The molecule has 14 heavy (non-hydrogen) atoms. The van der Waals surface area contributed by atoms with Crippen molar-refractivity contribution in [2.75, 3.05) is 0 Å². The van der Waals surface area contributed by atoms with E-state index in [-0.39, 0.29) is 5.82 Å². The molecule has 2 aromatic rings. The Morgan fingerprint density at radius 2 is 1.93 bits per heavy atom. The normalized spacial score (nSPS) is 12.7. The van der Waals surface area contributed by atoms with Crippen molar-refractivity contribution in [3.8, 4) is 0 Å². The van der Waals surface area contributed by atoms with E-state index >= 15 is 0 Å². The highest BCUT2D eigenvalue weighted by Gasteiger charge is 2.14. The molecule has 2 rings (SSSR count). The first kappa shape index (κ1) is 9.37. The maximum atomic E-state index is 13.3. The lowest BCUT2D eigenvalue weighted by molar-refractivity contribution is 0.219. The zero-order valence-electron chi connectivity index (χ0n) is 7.35. The molecular weight excluding hydrogens is 199 g/mol. The summed E-state index contributed by atoms with van der Waals surface area (Å²) >= 11 is 1.42. The van der Waals surface area contributed by atoms with Gasteiger partial charge >= 0.3 is 0 Å². The average molecular weight is 208 g/mol. The number of halogens is 1. The van der Waals surface area contributed by atoms with Crippen LogP contribution >= 0.6 is 11.3 Å². The zero-order valence-corrected chi connectivity index (χ0v) is 8.17. The molecule has 0 saturated heterocycles. The summed E-state index contributed by atoms with van der Waals surface area (Å²) < 4.78 is 13.3. The predicted molar refractivity (Wildman–Crippen MR) is 54.8 cm³/mol. The van der Waals surface area contributed by atoms with E-state index in [1.165, 1.54) is 17.4 Å². The Morgan fingerprint density at radius 1 is 1.14 bits per heavy atom. The van der Waals surface area contributed by atoms with Crippen LogP contribution in [0.3, 0.4) is 0 Å². The van der Waals surface area contributed by atoms with Crippen LogP contribution in [0.2, 0.25) is 0 Å². The number of rotatable bonds is 2. The molecule has 72 valence electrons. The fraction of sp³-hybridized carbons (Fsp3) is 0.0909. The van der Waals surface area contributed by atoms with Crippen LogP contribution in [-0.4, -0.2) is 5.11 Å². The smallest absolute Gasteiger partial charge is 0.129 e. The van der Waals surface area contributed by atoms with E-state index in [0.717, 1.165) is 4.88 Å². The largest absolute Gasteiger partial charge is 0.383 e. The molecule has 3 heteroatoms. The molecule has 0 aliphatic rings. The van der Waals surface area contributed by atoms with Crippen LogP contribution < -0.4 is 0 Å². The number of aliphatic hydroxyl groups is 1. The van der Waals surface area contributed by atoms with Crippen LogP contribution in [-0.2, 0) is 0 Å². The van der Waals surface area contributed by atoms with Crippen LogP contribution in [0.1, 0.15) is 16.5 Å². The third kappa shape index (κ3) is 1.69. The van der Waals surface area contributed by atoms with Crippen molar-refractivity contribution in [1.29, 1.82) is 0 Å². The van der Waals surface area contributed by atoms with Crippen LogP contribution in [0.4, 0.5) is 4.39 Å². The fourth-order valence-corrected chi connectivity index (χ4v) is 2.02. The molecule has 1 unspecified atom stereocenters. The standard InChI is InChI=1S/C11H9FOS/c12-9-5-2-1-4-8(9)11(13)10-6-3-7-14-10/h1-7,11,13H. The van der Waals surface area contributed by atoms with Crippen LogP contribution in [0, 0.1) is 5.82 Å². The van der Waals surface area contributed by atoms with Gasteiger partial charge in [-0.05, 0) is 17.5 Å². The summed E-state index contributed by atoms with van der Waals surface area (Å²) in [5.74, 6) is -0.367. The Morgan fingerprint density at radius 3 is 2.57 bits per heavy atom. The summed E-state index contributed by atoms with van der Waals surface area (Å²) in [4.78, 5) is 0.759. The first-order valence-corrected chi connectivity index (χ1v) is 5.13. The van der Waals surface area contributed by atoms with Gasteiger partial charge in [0.2, 0.25) is 0 Å². The lowest BCUT2D eigenvalue weighted by atomic mass is 10.1. The predicted octanol–water partition coefficient (Wildman–Crippen LogP) is 2.97. The van der Waals surface area contributed by atoms with Crippen LogP contribution in [0.5, 0.6) is 0 Å². The maximum Gasteiger partial charge on any atom is 0.129 e. The molecule has 1 heterocycles. The zero-order chi connectivity index (χ0) is 9.97. The van der Waals surface area contributed by atoms with Gasteiger partial charge in [-0.1, -0.05) is 24.3 Å². The molecule has 0 aliphatic heterocycles. The molecule has 1 nitrogen and oxygen atoms in total. The molecule has 0 radical (unpaired) electrons. The highest BCUT2D eigenvalue weighted by molar-refractivity contribution is 7.10. The number of thiophene rings is 1. The highest BCUT2D eigenvalue weighted by atomic mass is 32.1. The second-order valence-electron chi connectivity index (χ2n) is 2.94. The molecule has 0 bridgehead atoms. The van der Waals surface area contributed by atoms with Crippen LogP contribution in [0.15, 0.2) is 41.8 Å². The quantitative estimate of drug-likeness (QED) is 0.804. The van der Waals surface area contributed by atoms with Gasteiger partial charge in [-0.25, -0.2) is 4.39 Å². The minimum absolute atomic E-state index is 0.329. The Hall–Kier alpha value is -1.19. The third-order valence-electron chi connectivity index (χ3n) is 2.01. The van der Waals surface area contributed by atoms with Crippen LogP contribution in [0.25, 0.3) is 0 Å². The number of hydrogen-bond donors (Lipinski definition) is 1. The van der Waals surface area contributed by atoms with Gasteiger partial charge in [0.15, 0.2) is 0 Å². The lowest BCUT2D eigenvalue weighted by Crippen LogP contribution is -1.99. The van der Waals surface area contributed by atoms with E-state index in [1.54, 1.807) is 24.3 Å². The minimum atomic E-state index is -0.851. The molecule has 1 aromatic carbocycles. The van der Waals surface area contributed by atoms with E-state index < -0.39 is 6.10 Å². The minimum Gasteiger partial charge on any atom is -0.383 e. The number of benzene rings is 1. The number of hydrogen-bond acceptors (Lipinski definition) is 2. The van der Waals surface area contributed by atoms with E-state index in [1.807, 2.05) is 11.4 Å². The molecule has 1 aromatic heterocycles. The van der Waals surface area contributed by atoms with E-state index in [2.05, 4.69) is 0 Å². The molecular formula is C11H9FOS. The molecule has 0 spiro atoms. The molecule has 1 N–H and O–H groups in total. The molecule has 1 atom stereocenters. The Labute approximate surface area is 85.5 Å². The first-order chi connectivity index (χ1) is 6.79. The summed E-state index contributed by atoms with van der Waals surface area (Å²) in [6.07, 6.45) is -0.851. The van der Waals surface area contributed by atoms with E-state index in [9.17, 15) is 9.50 Å². The topological polar surface area (TPSA) is 20.2 Å². The molecule has 0 amide bonds. The monoisotopic (exact) mass is 208 g/mol. The summed E-state index contributed by atoms with van der Waals surface area (Å²) in [5, 5.41) is 11.7. The third-order valence-corrected chi connectivity index (χ3v) is 2.94. The first-order valence-electron chi connectivity index (χ1n) is 4.25. The van der Waals surface area contributed by atoms with Gasteiger partial charge < -0.3 is 5.11 Å². The van der Waals surface area contributed by atoms with Gasteiger partial charge in [-0.2, -0.15) is 0 Å². The average Bonchev–Trinajstić information content (AvgIpc) is 2.70. The summed E-state index contributed by atoms with van der Waals surface area (Å²) in [6.45, 7) is 0. The second kappa shape index (κ2) is 3.90. The Balaban J connectivity index is 2.37. The summed E-state index contributed by atoms with van der Waals surface area (Å²) in [6, 6.07) is 9.91. The second-order valence-corrected chi connectivity index (χ2v) is 3.92. The van der Waals surface area contributed by atoms with Crippen molar-refractivity contribution in [3.63, 3.8) is 0 Å². The van der Waals surface area contributed by atoms with Crippen molar-refractivity contribution in [1.82, 2.24) is 0 Å². The van der Waals surface area contributed by atoms with Gasteiger partial charge in [0.05, 0.1) is 0 Å². The van der Waals surface area contributed by atoms with E-state index in [0.29, 0.717) is 5.56 Å². The SMILES string of the molecule is OC(c1cccs1)c1ccccc1F. The van der Waals surface area contributed by atoms with Gasteiger partial charge in [0, 0.05) is 10.4 Å².